The highest BCUT2D eigenvalue weighted by molar-refractivity contribution is 7.89. The van der Waals surface area contributed by atoms with Crippen LogP contribution in [0.5, 0.6) is 11.5 Å². The van der Waals surface area contributed by atoms with E-state index >= 15 is 0 Å². The largest absolute Gasteiger partial charge is 0.457 e. The number of hydrogen-bond acceptors (Lipinski definition) is 6. The quantitative estimate of drug-likeness (QED) is 0.202. The predicted octanol–water partition coefficient (Wildman–Crippen LogP) is 8.61. The molecule has 0 saturated heterocycles. The molecule has 10 heteroatoms. The number of sulfonamides is 1. The summed E-state index contributed by atoms with van der Waals surface area (Å²) in [5.41, 5.74) is 0.402. The summed E-state index contributed by atoms with van der Waals surface area (Å²) in [6.45, 7) is 13.5. The first-order valence-corrected chi connectivity index (χ1v) is 18.2. The van der Waals surface area contributed by atoms with Gasteiger partial charge in [0.25, 0.3) is 10.0 Å². The molecule has 0 bridgehead atoms. The molecule has 0 radical (unpaired) electrons. The van der Waals surface area contributed by atoms with Gasteiger partial charge in [0.05, 0.1) is 17.1 Å². The van der Waals surface area contributed by atoms with Crippen LogP contribution >= 0.6 is 7.75 Å². The lowest BCUT2D eigenvalue weighted by Crippen LogP contribution is -2.39. The van der Waals surface area contributed by atoms with E-state index in [1.807, 2.05) is 30.3 Å². The maximum absolute atomic E-state index is 14.1. The lowest BCUT2D eigenvalue weighted by molar-refractivity contribution is 0.0377. The molecule has 42 heavy (non-hydrogen) atoms. The van der Waals surface area contributed by atoms with Gasteiger partial charge in [-0.2, -0.15) is 0 Å². The lowest BCUT2D eigenvalue weighted by atomic mass is 9.72. The molecule has 0 atom stereocenters. The number of hydrazine groups is 1. The fraction of sp³-hybridized carbons (Fsp3) is 0.625. The molecule has 2 N–H and O–H groups in total. The second-order valence-corrected chi connectivity index (χ2v) is 17.3. The summed E-state index contributed by atoms with van der Waals surface area (Å²) in [5, 5.41) is 2.51. The molecule has 2 fully saturated rings. The van der Waals surface area contributed by atoms with Crippen LogP contribution in [0.2, 0.25) is 0 Å². The highest BCUT2D eigenvalue weighted by atomic mass is 32.2. The number of rotatable bonds is 10. The van der Waals surface area contributed by atoms with Gasteiger partial charge in [0.15, 0.2) is 0 Å². The molecule has 8 nitrogen and oxygen atoms in total. The van der Waals surface area contributed by atoms with Crippen LogP contribution in [-0.2, 0) is 23.6 Å². The van der Waals surface area contributed by atoms with Gasteiger partial charge in [-0.1, -0.05) is 59.7 Å². The summed E-state index contributed by atoms with van der Waals surface area (Å²) < 4.78 is 58.6. The van der Waals surface area contributed by atoms with Gasteiger partial charge < -0.3 is 4.74 Å². The second-order valence-electron chi connectivity index (χ2n) is 14.0. The smallest absolute Gasteiger partial charge is 0.420 e. The minimum Gasteiger partial charge on any atom is -0.457 e. The van der Waals surface area contributed by atoms with Crippen molar-refractivity contribution in [3.63, 3.8) is 0 Å². The van der Waals surface area contributed by atoms with E-state index in [1.54, 1.807) is 12.1 Å². The minimum atomic E-state index is -4.07. The molecule has 2 saturated carbocycles. The fourth-order valence-corrected chi connectivity index (χ4v) is 8.93. The van der Waals surface area contributed by atoms with Crippen molar-refractivity contribution < 1.29 is 26.8 Å². The number of benzene rings is 2. The van der Waals surface area contributed by atoms with Crippen LogP contribution in [0.25, 0.3) is 0 Å². The predicted molar refractivity (Wildman–Crippen MR) is 167 cm³/mol. The maximum Gasteiger partial charge on any atom is 0.420 e. The number of ether oxygens (including phenoxy) is 1. The third-order valence-corrected chi connectivity index (χ3v) is 11.8. The summed E-state index contributed by atoms with van der Waals surface area (Å²) >= 11 is 0. The highest BCUT2D eigenvalue weighted by Gasteiger charge is 2.39. The molecule has 0 unspecified atom stereocenters. The van der Waals surface area contributed by atoms with Crippen molar-refractivity contribution in [3.8, 4) is 11.5 Å². The van der Waals surface area contributed by atoms with E-state index in [0.29, 0.717) is 23.3 Å². The SMILES string of the molecule is CC(C)(C)C1CCC(OP(=O)(NNS(=O)(=O)c2ccc(Oc3ccccc3)cc2)OC2CCC(C(C)(C)C)CC2)CC1. The van der Waals surface area contributed by atoms with Gasteiger partial charge in [0.2, 0.25) is 0 Å². The van der Waals surface area contributed by atoms with Crippen LogP contribution in [0.15, 0.2) is 59.5 Å². The maximum atomic E-state index is 14.1. The fourth-order valence-electron chi connectivity index (χ4n) is 6.02. The molecule has 2 aromatic rings. The molecular weight excluding hydrogens is 571 g/mol. The molecule has 0 spiro atoms. The molecule has 2 aliphatic rings. The highest BCUT2D eigenvalue weighted by Crippen LogP contribution is 2.52. The molecule has 2 aliphatic carbocycles. The second kappa shape index (κ2) is 13.5. The van der Waals surface area contributed by atoms with Gasteiger partial charge in [0, 0.05) is 0 Å². The lowest BCUT2D eigenvalue weighted by Gasteiger charge is -2.39. The Morgan fingerprint density at radius 2 is 1.10 bits per heavy atom. The van der Waals surface area contributed by atoms with E-state index in [4.69, 9.17) is 13.8 Å². The Hall–Kier alpha value is -1.74. The van der Waals surface area contributed by atoms with Gasteiger partial charge >= 0.3 is 7.75 Å². The summed E-state index contributed by atoms with van der Waals surface area (Å²) in [6.07, 6.45) is 6.34. The number of nitrogens with one attached hydrogen (secondary N) is 2. The normalized spacial score (nSPS) is 25.5. The summed E-state index contributed by atoms with van der Waals surface area (Å²) in [7, 11) is -8.08. The Labute approximate surface area is 252 Å². The average molecular weight is 621 g/mol. The summed E-state index contributed by atoms with van der Waals surface area (Å²) in [6, 6.07) is 15.3. The van der Waals surface area contributed by atoms with Gasteiger partial charge in [-0.05, 0) is 110 Å². The summed E-state index contributed by atoms with van der Waals surface area (Å²) in [4.78, 5) is 2.30. The molecular formula is C32H49N2O6PS. The Kier molecular flexibility index (Phi) is 10.7. The number of hydrogen-bond donors (Lipinski definition) is 2. The van der Waals surface area contributed by atoms with Crippen molar-refractivity contribution in [3.05, 3.63) is 54.6 Å². The molecule has 234 valence electrons. The molecule has 4 rings (SSSR count). The Bertz CT molecular complexity index is 1250. The van der Waals surface area contributed by atoms with Crippen molar-refractivity contribution in [2.45, 2.75) is 110 Å². The standard InChI is InChI=1S/C32H49N2O6PS/c1-31(2,3)24-12-16-28(17-13-24)39-41(35,40-29-18-14-25(15-19-29)32(4,5)6)33-34-42(36,37)30-22-20-27(21-23-30)38-26-10-8-7-9-11-26/h7-11,20-25,28-29,34H,12-19H2,1-6H3,(H,33,35). The van der Waals surface area contributed by atoms with Crippen molar-refractivity contribution in [2.75, 3.05) is 0 Å². The molecule has 0 aliphatic heterocycles. The van der Waals surface area contributed by atoms with Gasteiger partial charge in [-0.25, -0.2) is 13.0 Å². The molecule has 2 aromatic carbocycles. The zero-order valence-electron chi connectivity index (χ0n) is 26.0. The third kappa shape index (κ3) is 9.38. The number of para-hydroxylation sites is 1. The molecule has 0 amide bonds. The minimum absolute atomic E-state index is 0.00154. The van der Waals surface area contributed by atoms with Crippen LogP contribution in [0.1, 0.15) is 92.9 Å². The van der Waals surface area contributed by atoms with E-state index < -0.39 is 17.8 Å². The zero-order valence-corrected chi connectivity index (χ0v) is 27.7. The first-order chi connectivity index (χ1) is 19.6. The third-order valence-electron chi connectivity index (χ3n) is 8.80. The van der Waals surface area contributed by atoms with Crippen molar-refractivity contribution in [1.82, 2.24) is 10.0 Å². The van der Waals surface area contributed by atoms with E-state index in [2.05, 4.69) is 51.6 Å². The Balaban J connectivity index is 1.42. The Morgan fingerprint density at radius 1 is 0.667 bits per heavy atom. The van der Waals surface area contributed by atoms with Crippen molar-refractivity contribution >= 4 is 17.8 Å². The van der Waals surface area contributed by atoms with Crippen LogP contribution in [-0.4, -0.2) is 20.6 Å². The van der Waals surface area contributed by atoms with Gasteiger partial charge in [0.1, 0.15) is 11.5 Å². The van der Waals surface area contributed by atoms with Crippen LogP contribution in [0.4, 0.5) is 0 Å². The Morgan fingerprint density at radius 3 is 1.52 bits per heavy atom. The van der Waals surface area contributed by atoms with Crippen LogP contribution in [0, 0.1) is 22.7 Å². The van der Waals surface area contributed by atoms with E-state index in [-0.39, 0.29) is 27.9 Å². The van der Waals surface area contributed by atoms with Gasteiger partial charge in [-0.3, -0.25) is 9.05 Å². The molecule has 0 aromatic heterocycles. The average Bonchev–Trinajstić information content (AvgIpc) is 2.93. The van der Waals surface area contributed by atoms with E-state index in [0.717, 1.165) is 51.4 Å². The van der Waals surface area contributed by atoms with Gasteiger partial charge in [-0.15, -0.1) is 10.0 Å². The first kappa shape index (κ1) is 33.2. The van der Waals surface area contributed by atoms with Crippen molar-refractivity contribution in [1.29, 1.82) is 0 Å². The first-order valence-electron chi connectivity index (χ1n) is 15.2. The monoisotopic (exact) mass is 620 g/mol. The zero-order chi connectivity index (χ0) is 30.6. The topological polar surface area (TPSA) is 103 Å². The summed E-state index contributed by atoms with van der Waals surface area (Å²) in [5.74, 6) is 2.27. The molecule has 0 heterocycles. The van der Waals surface area contributed by atoms with Crippen LogP contribution in [0.3, 0.4) is 0 Å². The van der Waals surface area contributed by atoms with Crippen LogP contribution < -0.4 is 14.8 Å². The van der Waals surface area contributed by atoms with E-state index in [1.165, 1.54) is 12.1 Å². The van der Waals surface area contributed by atoms with Crippen molar-refractivity contribution in [2.24, 2.45) is 22.7 Å². The van der Waals surface area contributed by atoms with E-state index in [9.17, 15) is 13.0 Å².